The van der Waals surface area contributed by atoms with E-state index in [1.165, 1.54) is 6.07 Å². The SMILES string of the molecule is C[C@@H](CC(=O)NCCOCCOCCCC(=O)c1cc(NC(=O)c2ccc(I)cc2)cc(C(=O)CCCOCCOCCNC(=O)CC(NC(=O)OC(C)(C)C)C(=O)OC(C)(C)C)c1)C(=O)OC(C)(C)C. The first-order valence-electron chi connectivity index (χ1n) is 23.8. The molecule has 2 aromatic rings. The zero-order valence-corrected chi connectivity index (χ0v) is 45.2. The fourth-order valence-electron chi connectivity index (χ4n) is 6.06. The second kappa shape index (κ2) is 31.4. The minimum absolute atomic E-state index is 0.00855. The molecule has 1 unspecified atom stereocenters. The first-order valence-corrected chi connectivity index (χ1v) is 24.9. The summed E-state index contributed by atoms with van der Waals surface area (Å²) >= 11 is 2.14. The van der Waals surface area contributed by atoms with Gasteiger partial charge in [-0.25, -0.2) is 9.59 Å². The van der Waals surface area contributed by atoms with E-state index in [1.54, 1.807) is 106 Å². The van der Waals surface area contributed by atoms with E-state index in [1.807, 2.05) is 0 Å². The van der Waals surface area contributed by atoms with Gasteiger partial charge in [-0.05, 0) is 140 Å². The average molecular weight is 1110 g/mol. The molecular formula is C51H75IN4O15. The van der Waals surface area contributed by atoms with Crippen LogP contribution in [-0.4, -0.2) is 136 Å². The molecule has 0 bridgehead atoms. The Bertz CT molecular complexity index is 2060. The third kappa shape index (κ3) is 29.2. The lowest BCUT2D eigenvalue weighted by atomic mass is 9.99. The maximum atomic E-state index is 13.4. The van der Waals surface area contributed by atoms with Crippen LogP contribution in [0, 0.1) is 9.49 Å². The van der Waals surface area contributed by atoms with Crippen LogP contribution in [-0.2, 0) is 52.3 Å². The zero-order valence-electron chi connectivity index (χ0n) is 43.0. The van der Waals surface area contributed by atoms with Crippen LogP contribution in [0.15, 0.2) is 42.5 Å². The fourth-order valence-corrected chi connectivity index (χ4v) is 6.42. The van der Waals surface area contributed by atoms with Crippen molar-refractivity contribution in [2.45, 2.75) is 131 Å². The summed E-state index contributed by atoms with van der Waals surface area (Å²) in [6, 6.07) is 10.3. The average Bonchev–Trinajstić information content (AvgIpc) is 3.25. The molecule has 0 saturated carbocycles. The monoisotopic (exact) mass is 1110 g/mol. The van der Waals surface area contributed by atoms with E-state index in [9.17, 15) is 38.4 Å². The summed E-state index contributed by atoms with van der Waals surface area (Å²) in [6.45, 7) is 19.3. The van der Waals surface area contributed by atoms with Crippen molar-refractivity contribution in [2.24, 2.45) is 5.92 Å². The number of rotatable bonds is 31. The smallest absolute Gasteiger partial charge is 0.408 e. The molecule has 0 aliphatic carbocycles. The van der Waals surface area contributed by atoms with Gasteiger partial charge in [-0.2, -0.15) is 0 Å². The second-order valence-electron chi connectivity index (χ2n) is 19.5. The van der Waals surface area contributed by atoms with Crippen LogP contribution < -0.4 is 21.3 Å². The highest BCUT2D eigenvalue weighted by Crippen LogP contribution is 2.21. The molecule has 0 spiro atoms. The molecule has 396 valence electrons. The molecule has 4 N–H and O–H groups in total. The summed E-state index contributed by atoms with van der Waals surface area (Å²) in [4.78, 5) is 102. The number of benzene rings is 2. The number of ketones is 2. The van der Waals surface area contributed by atoms with Crippen LogP contribution >= 0.6 is 22.6 Å². The number of amides is 4. The normalized spacial score (nSPS) is 12.5. The number of hydrogen-bond donors (Lipinski definition) is 4. The van der Waals surface area contributed by atoms with Gasteiger partial charge in [0.1, 0.15) is 22.8 Å². The van der Waals surface area contributed by atoms with Crippen molar-refractivity contribution in [3.05, 3.63) is 62.7 Å². The largest absolute Gasteiger partial charge is 0.460 e. The van der Waals surface area contributed by atoms with Gasteiger partial charge in [0.2, 0.25) is 11.8 Å². The van der Waals surface area contributed by atoms with Crippen molar-refractivity contribution < 1.29 is 71.5 Å². The van der Waals surface area contributed by atoms with Gasteiger partial charge in [-0.1, -0.05) is 6.92 Å². The standard InChI is InChI=1S/C51H75IN4O15/c1-34(46(62)69-49(2,3)4)29-43(59)53-19-23-67-27-25-65-21-11-13-41(57)36-30-37(32-39(31-36)55-45(61)35-15-17-38(52)18-16-35)42(58)14-12-22-66-26-28-68-24-20-54-44(60)33-40(47(63)70-50(5,6)7)56-48(64)71-51(8,9)10/h15-18,30-32,34,40H,11-14,19-29,33H2,1-10H3,(H,53,59)(H,54,60)(H,55,61)(H,56,64)/t34-,40?/m0/s1. The minimum Gasteiger partial charge on any atom is -0.460 e. The number of halogens is 1. The predicted octanol–water partition coefficient (Wildman–Crippen LogP) is 6.76. The second-order valence-corrected chi connectivity index (χ2v) is 20.8. The van der Waals surface area contributed by atoms with E-state index in [0.29, 0.717) is 24.1 Å². The lowest BCUT2D eigenvalue weighted by molar-refractivity contribution is -0.160. The quantitative estimate of drug-likeness (QED) is 0.0200. The Hall–Kier alpha value is -5.03. The molecule has 71 heavy (non-hydrogen) atoms. The van der Waals surface area contributed by atoms with Gasteiger partial charge in [0.15, 0.2) is 11.6 Å². The van der Waals surface area contributed by atoms with Crippen molar-refractivity contribution in [2.75, 3.05) is 71.3 Å². The maximum absolute atomic E-state index is 13.4. The lowest BCUT2D eigenvalue weighted by Gasteiger charge is -2.26. The number of nitrogens with one attached hydrogen (secondary N) is 4. The fraction of sp³-hybridized carbons (Fsp3) is 0.608. The zero-order chi connectivity index (χ0) is 53.2. The van der Waals surface area contributed by atoms with E-state index in [2.05, 4.69) is 43.9 Å². The molecular weight excluding hydrogens is 1040 g/mol. The highest BCUT2D eigenvalue weighted by molar-refractivity contribution is 14.1. The topological polar surface area (TPSA) is 249 Å². The molecule has 4 amide bonds. The molecule has 0 aliphatic heterocycles. The van der Waals surface area contributed by atoms with Crippen LogP contribution in [0.4, 0.5) is 10.5 Å². The molecule has 19 nitrogen and oxygen atoms in total. The molecule has 0 aliphatic rings. The molecule has 0 radical (unpaired) electrons. The van der Waals surface area contributed by atoms with E-state index in [-0.39, 0.29) is 120 Å². The number of ether oxygens (including phenoxy) is 7. The summed E-state index contributed by atoms with van der Waals surface area (Å²) in [5.74, 6) is -3.44. The van der Waals surface area contributed by atoms with Gasteiger partial charge in [-0.15, -0.1) is 0 Å². The molecule has 0 aromatic heterocycles. The van der Waals surface area contributed by atoms with Crippen molar-refractivity contribution >= 4 is 75.6 Å². The summed E-state index contributed by atoms with van der Waals surface area (Å²) in [5, 5.41) is 10.6. The number of esters is 2. The Morgan fingerprint density at radius 2 is 0.972 bits per heavy atom. The third-order valence-electron chi connectivity index (χ3n) is 9.28. The van der Waals surface area contributed by atoms with Crippen LogP contribution in [0.2, 0.25) is 0 Å². The van der Waals surface area contributed by atoms with Gasteiger partial charge in [0.25, 0.3) is 5.91 Å². The number of Topliss-reactive ketones (excluding diaryl/α,β-unsaturated/α-hetero) is 2. The van der Waals surface area contributed by atoms with Crippen molar-refractivity contribution in [3.63, 3.8) is 0 Å². The Morgan fingerprint density at radius 3 is 1.44 bits per heavy atom. The van der Waals surface area contributed by atoms with Gasteiger partial charge < -0.3 is 54.4 Å². The van der Waals surface area contributed by atoms with E-state index < -0.39 is 58.6 Å². The number of anilines is 1. The van der Waals surface area contributed by atoms with Crippen LogP contribution in [0.3, 0.4) is 0 Å². The predicted molar refractivity (Wildman–Crippen MR) is 273 cm³/mol. The highest BCUT2D eigenvalue weighted by Gasteiger charge is 2.31. The Labute approximate surface area is 431 Å². The van der Waals surface area contributed by atoms with E-state index in [0.717, 1.165) is 3.57 Å². The molecule has 2 atom stereocenters. The number of hydrogen-bond acceptors (Lipinski definition) is 15. The minimum atomic E-state index is -1.27. The first-order chi connectivity index (χ1) is 33.2. The Morgan fingerprint density at radius 1 is 0.535 bits per heavy atom. The van der Waals surface area contributed by atoms with Crippen molar-refractivity contribution in [1.29, 1.82) is 0 Å². The van der Waals surface area contributed by atoms with Gasteiger partial charge in [-0.3, -0.25) is 28.8 Å². The van der Waals surface area contributed by atoms with Crippen LogP contribution in [0.5, 0.6) is 0 Å². The molecule has 2 rings (SSSR count). The number of carbonyl (C=O) groups is 8. The molecule has 0 heterocycles. The molecule has 2 aromatic carbocycles. The van der Waals surface area contributed by atoms with Crippen LogP contribution in [0.25, 0.3) is 0 Å². The summed E-state index contributed by atoms with van der Waals surface area (Å²) in [5.41, 5.74) is -1.04. The third-order valence-corrected chi connectivity index (χ3v) is 10.00. The summed E-state index contributed by atoms with van der Waals surface area (Å²) in [7, 11) is 0. The molecule has 0 saturated heterocycles. The molecule has 20 heteroatoms. The van der Waals surface area contributed by atoms with E-state index >= 15 is 0 Å². The molecule has 0 fully saturated rings. The Balaban J connectivity index is 1.79. The lowest BCUT2D eigenvalue weighted by Crippen LogP contribution is -2.48. The van der Waals surface area contributed by atoms with Crippen molar-refractivity contribution in [1.82, 2.24) is 16.0 Å². The highest BCUT2D eigenvalue weighted by atomic mass is 127. The first kappa shape index (κ1) is 62.1. The summed E-state index contributed by atoms with van der Waals surface area (Å²) in [6.07, 6.45) is -0.217. The number of carbonyl (C=O) groups excluding carboxylic acids is 8. The summed E-state index contributed by atoms with van der Waals surface area (Å²) < 4.78 is 39.2. The van der Waals surface area contributed by atoms with Gasteiger partial charge >= 0.3 is 18.0 Å². The van der Waals surface area contributed by atoms with Crippen LogP contribution in [0.1, 0.15) is 139 Å². The van der Waals surface area contributed by atoms with Gasteiger partial charge in [0.05, 0.1) is 52.0 Å². The van der Waals surface area contributed by atoms with Crippen molar-refractivity contribution in [3.8, 4) is 0 Å². The Kier molecular flexibility index (Phi) is 27.5. The van der Waals surface area contributed by atoms with Gasteiger partial charge in [0, 0.05) is 71.5 Å². The van der Waals surface area contributed by atoms with E-state index in [4.69, 9.17) is 33.2 Å². The maximum Gasteiger partial charge on any atom is 0.408 e. The number of alkyl carbamates (subject to hydrolysis) is 1.